The molecule has 1 atom stereocenters. The molecule has 0 radical (unpaired) electrons. The predicted molar refractivity (Wildman–Crippen MR) is 139 cm³/mol. The zero-order valence-corrected chi connectivity index (χ0v) is 20.5. The van der Waals surface area contributed by atoms with Gasteiger partial charge in [-0.2, -0.15) is 10.5 Å². The van der Waals surface area contributed by atoms with E-state index in [9.17, 15) is 14.9 Å². The van der Waals surface area contributed by atoms with Crippen molar-refractivity contribution < 1.29 is 14.3 Å². The van der Waals surface area contributed by atoms with E-state index in [-0.39, 0.29) is 24.8 Å². The highest BCUT2D eigenvalue weighted by molar-refractivity contribution is 6.31. The molecule has 3 aromatic rings. The largest absolute Gasteiger partial charge is 0.491 e. The van der Waals surface area contributed by atoms with E-state index < -0.39 is 12.1 Å². The van der Waals surface area contributed by atoms with E-state index in [1.54, 1.807) is 42.5 Å². The fourth-order valence-electron chi connectivity index (χ4n) is 3.26. The maximum absolute atomic E-state index is 12.4. The minimum Gasteiger partial charge on any atom is -0.491 e. The summed E-state index contributed by atoms with van der Waals surface area (Å²) in [5, 5.41) is 26.4. The summed E-state index contributed by atoms with van der Waals surface area (Å²) in [6.07, 6.45) is 2.09. The first-order valence-electron chi connectivity index (χ1n) is 11.3. The van der Waals surface area contributed by atoms with Gasteiger partial charge in [-0.1, -0.05) is 29.8 Å². The number of pyridine rings is 1. The van der Waals surface area contributed by atoms with Crippen LogP contribution in [0, 0.1) is 22.7 Å². The standard InChI is InChI=1S/C26H24ClN7O3/c27-20-7-8-23(22(13-20)33-26(36)34-24-9-6-17(14-28)16-32-24)37-11-3-10-31-25(35)21(30)12-18-4-1-2-5-19(18)15-29/h1-2,4-9,13,16,21H,3,10-12,30H2,(H,31,35)(H2,32,33,34,36). The van der Waals surface area contributed by atoms with Gasteiger partial charge in [0.1, 0.15) is 17.6 Å². The summed E-state index contributed by atoms with van der Waals surface area (Å²) in [4.78, 5) is 28.7. The fourth-order valence-corrected chi connectivity index (χ4v) is 3.44. The molecule has 1 heterocycles. The number of carbonyl (C=O) groups excluding carboxylic acids is 2. The van der Waals surface area contributed by atoms with Gasteiger partial charge in [-0.25, -0.2) is 9.78 Å². The molecule has 0 bridgehead atoms. The molecule has 0 saturated heterocycles. The van der Waals surface area contributed by atoms with Gasteiger partial charge in [-0.3, -0.25) is 10.1 Å². The third kappa shape index (κ3) is 8.22. The van der Waals surface area contributed by atoms with Crippen LogP contribution in [0.5, 0.6) is 5.75 Å². The van der Waals surface area contributed by atoms with E-state index in [1.165, 1.54) is 18.3 Å². The number of amides is 3. The Hall–Kier alpha value is -4.64. The van der Waals surface area contributed by atoms with Gasteiger partial charge in [0, 0.05) is 17.8 Å². The normalized spacial score (nSPS) is 10.9. The third-order valence-corrected chi connectivity index (χ3v) is 5.35. The molecule has 0 saturated carbocycles. The summed E-state index contributed by atoms with van der Waals surface area (Å²) in [7, 11) is 0. The van der Waals surface area contributed by atoms with Gasteiger partial charge in [0.25, 0.3) is 0 Å². The fraction of sp³-hybridized carbons (Fsp3) is 0.192. The van der Waals surface area contributed by atoms with Crippen LogP contribution in [0.4, 0.5) is 16.3 Å². The average molecular weight is 518 g/mol. The number of hydrogen-bond donors (Lipinski definition) is 4. The maximum Gasteiger partial charge on any atom is 0.324 e. The van der Waals surface area contributed by atoms with Crippen LogP contribution in [0.1, 0.15) is 23.1 Å². The lowest BCUT2D eigenvalue weighted by molar-refractivity contribution is -0.122. The van der Waals surface area contributed by atoms with Crippen LogP contribution in [0.25, 0.3) is 0 Å². The summed E-state index contributed by atoms with van der Waals surface area (Å²) >= 11 is 6.07. The monoisotopic (exact) mass is 517 g/mol. The number of nitrogens with one attached hydrogen (secondary N) is 3. The first-order chi connectivity index (χ1) is 17.9. The van der Waals surface area contributed by atoms with Crippen LogP contribution in [-0.4, -0.2) is 36.1 Å². The third-order valence-electron chi connectivity index (χ3n) is 5.12. The number of nitrogens with zero attached hydrogens (tertiary/aromatic N) is 3. The van der Waals surface area contributed by atoms with Crippen LogP contribution < -0.4 is 26.4 Å². The van der Waals surface area contributed by atoms with Crippen molar-refractivity contribution in [2.75, 3.05) is 23.8 Å². The van der Waals surface area contributed by atoms with E-state index in [2.05, 4.69) is 27.0 Å². The molecular weight excluding hydrogens is 494 g/mol. The summed E-state index contributed by atoms with van der Waals surface area (Å²) in [5.74, 6) is 0.337. The number of carbonyl (C=O) groups is 2. The number of urea groups is 1. The second kappa shape index (κ2) is 13.4. The number of nitrogens with two attached hydrogens (primary N) is 1. The number of nitriles is 2. The van der Waals surface area contributed by atoms with Crippen molar-refractivity contribution in [2.45, 2.75) is 18.9 Å². The Morgan fingerprint density at radius 3 is 2.62 bits per heavy atom. The van der Waals surface area contributed by atoms with Gasteiger partial charge in [-0.15, -0.1) is 0 Å². The highest BCUT2D eigenvalue weighted by Crippen LogP contribution is 2.28. The van der Waals surface area contributed by atoms with Gasteiger partial charge < -0.3 is 21.1 Å². The Bertz CT molecular complexity index is 1330. The molecule has 5 N–H and O–H groups in total. The highest BCUT2D eigenvalue weighted by atomic mass is 35.5. The maximum atomic E-state index is 12.4. The molecule has 3 rings (SSSR count). The quantitative estimate of drug-likeness (QED) is 0.298. The summed E-state index contributed by atoms with van der Waals surface area (Å²) < 4.78 is 5.77. The molecule has 2 aromatic carbocycles. The van der Waals surface area contributed by atoms with Gasteiger partial charge in [-0.05, 0) is 54.8 Å². The molecule has 188 valence electrons. The van der Waals surface area contributed by atoms with Crippen LogP contribution >= 0.6 is 11.6 Å². The lowest BCUT2D eigenvalue weighted by atomic mass is 10.0. The Balaban J connectivity index is 1.46. The van der Waals surface area contributed by atoms with E-state index in [0.29, 0.717) is 40.6 Å². The molecule has 10 nitrogen and oxygen atoms in total. The van der Waals surface area contributed by atoms with Crippen LogP contribution in [0.2, 0.25) is 5.02 Å². The second-order valence-corrected chi connectivity index (χ2v) is 8.27. The molecular formula is C26H24ClN7O3. The number of aromatic nitrogens is 1. The minimum atomic E-state index is -0.786. The number of rotatable bonds is 10. The van der Waals surface area contributed by atoms with Crippen molar-refractivity contribution >= 4 is 35.0 Å². The summed E-state index contributed by atoms with van der Waals surface area (Å²) in [6, 6.07) is 17.6. The van der Waals surface area contributed by atoms with Crippen molar-refractivity contribution in [3.05, 3.63) is 82.5 Å². The number of halogens is 1. The Labute approximate surface area is 219 Å². The van der Waals surface area contributed by atoms with Crippen LogP contribution in [-0.2, 0) is 11.2 Å². The lowest BCUT2D eigenvalue weighted by Crippen LogP contribution is -2.42. The lowest BCUT2D eigenvalue weighted by Gasteiger charge is -2.15. The smallest absolute Gasteiger partial charge is 0.324 e. The Morgan fingerprint density at radius 1 is 1.08 bits per heavy atom. The molecule has 0 fully saturated rings. The van der Waals surface area contributed by atoms with Crippen molar-refractivity contribution in [3.63, 3.8) is 0 Å². The van der Waals surface area contributed by atoms with Crippen LogP contribution in [0.3, 0.4) is 0 Å². The number of ether oxygens (including phenoxy) is 1. The van der Waals surface area contributed by atoms with Crippen molar-refractivity contribution in [1.82, 2.24) is 10.3 Å². The van der Waals surface area contributed by atoms with Crippen molar-refractivity contribution in [2.24, 2.45) is 5.73 Å². The topological polar surface area (TPSA) is 166 Å². The predicted octanol–water partition coefficient (Wildman–Crippen LogP) is 3.58. The van der Waals surface area contributed by atoms with E-state index in [4.69, 9.17) is 27.3 Å². The van der Waals surface area contributed by atoms with E-state index >= 15 is 0 Å². The minimum absolute atomic E-state index is 0.252. The number of benzene rings is 2. The second-order valence-electron chi connectivity index (χ2n) is 7.84. The van der Waals surface area contributed by atoms with Gasteiger partial charge >= 0.3 is 6.03 Å². The number of anilines is 2. The van der Waals surface area contributed by atoms with Gasteiger partial charge in [0.15, 0.2) is 0 Å². The van der Waals surface area contributed by atoms with E-state index in [1.807, 2.05) is 6.07 Å². The number of hydrogen-bond acceptors (Lipinski definition) is 7. The SMILES string of the molecule is N#Cc1ccc(NC(=O)Nc2cc(Cl)ccc2OCCCNC(=O)C(N)Cc2ccccc2C#N)nc1. The zero-order valence-electron chi connectivity index (χ0n) is 19.7. The molecule has 1 aromatic heterocycles. The highest BCUT2D eigenvalue weighted by Gasteiger charge is 2.15. The molecule has 11 heteroatoms. The van der Waals surface area contributed by atoms with Gasteiger partial charge in [0.05, 0.1) is 35.5 Å². The summed E-state index contributed by atoms with van der Waals surface area (Å²) in [6.45, 7) is 0.579. The average Bonchev–Trinajstić information content (AvgIpc) is 2.90. The summed E-state index contributed by atoms with van der Waals surface area (Å²) in [5.41, 5.74) is 7.93. The van der Waals surface area contributed by atoms with Crippen molar-refractivity contribution in [1.29, 1.82) is 10.5 Å². The molecule has 0 spiro atoms. The first kappa shape index (κ1) is 27.0. The zero-order chi connectivity index (χ0) is 26.6. The Kier molecular flexibility index (Phi) is 9.80. The van der Waals surface area contributed by atoms with Gasteiger partial charge in [0.2, 0.25) is 5.91 Å². The van der Waals surface area contributed by atoms with Crippen LogP contribution in [0.15, 0.2) is 60.8 Å². The molecule has 37 heavy (non-hydrogen) atoms. The van der Waals surface area contributed by atoms with E-state index in [0.717, 1.165) is 5.56 Å². The molecule has 3 amide bonds. The first-order valence-corrected chi connectivity index (χ1v) is 11.6. The molecule has 1 unspecified atom stereocenters. The van der Waals surface area contributed by atoms with Crippen molar-refractivity contribution in [3.8, 4) is 17.9 Å². The molecule has 0 aliphatic rings. The molecule has 0 aliphatic heterocycles. The molecule has 0 aliphatic carbocycles. The Morgan fingerprint density at radius 2 is 1.89 bits per heavy atom.